The molecule has 10 heteroatoms. The van der Waals surface area contributed by atoms with E-state index in [9.17, 15) is 19.0 Å². The van der Waals surface area contributed by atoms with E-state index in [-0.39, 0.29) is 32.0 Å². The van der Waals surface area contributed by atoms with Crippen LogP contribution >= 0.6 is 7.82 Å². The first kappa shape index (κ1) is 82.7. The number of esters is 2. The number of phosphoric acid groups is 1. The van der Waals surface area contributed by atoms with Crippen molar-refractivity contribution in [2.45, 2.75) is 315 Å². The number of hydrogen-bond acceptors (Lipinski definition) is 8. The number of phosphoric ester groups is 1. The molecule has 0 saturated carbocycles. The van der Waals surface area contributed by atoms with E-state index in [1.807, 2.05) is 21.1 Å². The largest absolute Gasteiger partial charge is 0.756 e. The Kier molecular flexibility index (Phi) is 63.5. The van der Waals surface area contributed by atoms with Crippen molar-refractivity contribution >= 4 is 19.8 Å². The average Bonchev–Trinajstić information content (AvgIpc) is 3.56. The molecular weight excluding hydrogens is 1090 g/mol. The highest BCUT2D eigenvalue weighted by Gasteiger charge is 2.22. The fraction of sp³-hybridized carbons (Fsp3) is 0.737. The molecule has 0 spiro atoms. The maximum Gasteiger partial charge on any atom is 0.306 e. The van der Waals surface area contributed by atoms with Gasteiger partial charge in [-0.25, -0.2) is 0 Å². The van der Waals surface area contributed by atoms with Crippen LogP contribution in [0.1, 0.15) is 309 Å². The van der Waals surface area contributed by atoms with Crippen molar-refractivity contribution in [1.29, 1.82) is 0 Å². The quantitative estimate of drug-likeness (QED) is 0.0195. The minimum absolute atomic E-state index is 0.0329. The molecule has 0 rings (SSSR count). The predicted molar refractivity (Wildman–Crippen MR) is 369 cm³/mol. The summed E-state index contributed by atoms with van der Waals surface area (Å²) in [4.78, 5) is 38.1. The number of likely N-dealkylation sites (N-methyl/N-ethyl adjacent to an activating group) is 1. The SMILES string of the molecule is CC/C=C\C/C=C\C/C=C\C/C=C\C/C=C\CCCCCCCCCCCCCCCCCCCCCC(=O)OC(COC(=O)CCCCCCCCCCCCCCCC/C=C\C/C=C\C/C=C\C/C=C\CC)COP(=O)([O-])OCC[N+](C)(C)C. The van der Waals surface area contributed by atoms with Gasteiger partial charge in [0.25, 0.3) is 7.82 Å². The molecule has 0 saturated heterocycles. The van der Waals surface area contributed by atoms with Crippen LogP contribution in [0, 0.1) is 0 Å². The van der Waals surface area contributed by atoms with E-state index in [0.29, 0.717) is 17.4 Å². The van der Waals surface area contributed by atoms with Gasteiger partial charge in [-0.3, -0.25) is 14.2 Å². The van der Waals surface area contributed by atoms with Crippen LogP contribution in [0.5, 0.6) is 0 Å². The van der Waals surface area contributed by atoms with Crippen LogP contribution in [-0.2, 0) is 32.7 Å². The molecule has 496 valence electrons. The molecule has 0 radical (unpaired) electrons. The van der Waals surface area contributed by atoms with E-state index in [2.05, 4.69) is 123 Å². The minimum Gasteiger partial charge on any atom is -0.756 e. The Balaban J connectivity index is 4.01. The summed E-state index contributed by atoms with van der Waals surface area (Å²) in [6.45, 7) is 4.05. The first-order valence-corrected chi connectivity index (χ1v) is 37.1. The van der Waals surface area contributed by atoms with E-state index >= 15 is 0 Å². The molecule has 2 unspecified atom stereocenters. The first-order chi connectivity index (χ1) is 42.0. The maximum absolute atomic E-state index is 12.9. The second kappa shape index (κ2) is 66.1. The Morgan fingerprint density at radius 3 is 0.930 bits per heavy atom. The van der Waals surface area contributed by atoms with E-state index in [1.165, 1.54) is 180 Å². The lowest BCUT2D eigenvalue weighted by Gasteiger charge is -2.28. The highest BCUT2D eigenvalue weighted by Crippen LogP contribution is 2.38. The van der Waals surface area contributed by atoms with Gasteiger partial charge in [0.2, 0.25) is 0 Å². The molecule has 0 bridgehead atoms. The van der Waals surface area contributed by atoms with Crippen molar-refractivity contribution in [1.82, 2.24) is 0 Å². The molecule has 0 amide bonds. The van der Waals surface area contributed by atoms with Crippen LogP contribution in [0.4, 0.5) is 0 Å². The van der Waals surface area contributed by atoms with Crippen molar-refractivity contribution in [2.24, 2.45) is 0 Å². The van der Waals surface area contributed by atoms with Crippen molar-refractivity contribution < 1.29 is 42.1 Å². The third-order valence-electron chi connectivity index (χ3n) is 15.3. The molecule has 0 aliphatic heterocycles. The molecule has 0 aliphatic carbocycles. The van der Waals surface area contributed by atoms with Gasteiger partial charge in [-0.1, -0.05) is 309 Å². The van der Waals surface area contributed by atoms with Gasteiger partial charge in [0.15, 0.2) is 6.10 Å². The van der Waals surface area contributed by atoms with Gasteiger partial charge in [0, 0.05) is 12.8 Å². The normalized spacial score (nSPS) is 13.8. The molecule has 0 aromatic rings. The number of ether oxygens (including phenoxy) is 2. The van der Waals surface area contributed by atoms with Crippen LogP contribution in [-0.4, -0.2) is 70.0 Å². The number of rotatable bonds is 65. The fourth-order valence-electron chi connectivity index (χ4n) is 9.91. The van der Waals surface area contributed by atoms with Crippen molar-refractivity contribution in [3.05, 3.63) is 109 Å². The molecule has 9 nitrogen and oxygen atoms in total. The zero-order valence-corrected chi connectivity index (χ0v) is 57.4. The second-order valence-electron chi connectivity index (χ2n) is 24.8. The molecule has 0 N–H and O–H groups in total. The summed E-state index contributed by atoms with van der Waals surface area (Å²) in [6.07, 6.45) is 93.1. The number of unbranched alkanes of at least 4 members (excludes halogenated alkanes) is 33. The van der Waals surface area contributed by atoms with Gasteiger partial charge in [-0.15, -0.1) is 0 Å². The van der Waals surface area contributed by atoms with Gasteiger partial charge >= 0.3 is 11.9 Å². The number of carbonyl (C=O) groups excluding carboxylic acids is 2. The lowest BCUT2D eigenvalue weighted by atomic mass is 10.0. The zero-order valence-electron chi connectivity index (χ0n) is 56.5. The number of quaternary nitrogens is 1. The van der Waals surface area contributed by atoms with Gasteiger partial charge in [-0.2, -0.15) is 0 Å². The zero-order chi connectivity index (χ0) is 62.6. The first-order valence-electron chi connectivity index (χ1n) is 35.6. The third kappa shape index (κ3) is 69.8. The summed E-state index contributed by atoms with van der Waals surface area (Å²) in [5.41, 5.74) is 0. The second-order valence-corrected chi connectivity index (χ2v) is 26.2. The van der Waals surface area contributed by atoms with Crippen LogP contribution < -0.4 is 4.89 Å². The summed E-state index contributed by atoms with van der Waals surface area (Å²) in [7, 11) is 1.17. The van der Waals surface area contributed by atoms with Gasteiger partial charge in [0.1, 0.15) is 19.8 Å². The summed E-state index contributed by atoms with van der Waals surface area (Å²) >= 11 is 0. The molecular formula is C76H134NO8P. The summed E-state index contributed by atoms with van der Waals surface area (Å²) in [6, 6.07) is 0. The molecule has 0 aliphatic rings. The molecule has 0 aromatic carbocycles. The topological polar surface area (TPSA) is 111 Å². The van der Waals surface area contributed by atoms with Crippen LogP contribution in [0.25, 0.3) is 0 Å². The summed E-state index contributed by atoms with van der Waals surface area (Å²) < 4.78 is 34.3. The van der Waals surface area contributed by atoms with Crippen LogP contribution in [0.2, 0.25) is 0 Å². The van der Waals surface area contributed by atoms with Gasteiger partial charge in [0.05, 0.1) is 27.7 Å². The molecule has 86 heavy (non-hydrogen) atoms. The Morgan fingerprint density at radius 1 is 0.360 bits per heavy atom. The van der Waals surface area contributed by atoms with Crippen molar-refractivity contribution in [3.63, 3.8) is 0 Å². The maximum atomic E-state index is 12.9. The van der Waals surface area contributed by atoms with Crippen LogP contribution in [0.3, 0.4) is 0 Å². The van der Waals surface area contributed by atoms with E-state index in [4.69, 9.17) is 18.5 Å². The predicted octanol–water partition coefficient (Wildman–Crippen LogP) is 22.6. The highest BCUT2D eigenvalue weighted by atomic mass is 31.2. The fourth-order valence-corrected chi connectivity index (χ4v) is 10.6. The van der Waals surface area contributed by atoms with Crippen LogP contribution in [0.15, 0.2) is 109 Å². The highest BCUT2D eigenvalue weighted by molar-refractivity contribution is 7.45. The summed E-state index contributed by atoms with van der Waals surface area (Å²) in [5.74, 6) is -0.825. The standard InChI is InChI=1S/C76H134NO8P/c1-6-8-10-12-14-16-18-20-22-24-26-28-30-32-34-35-36-37-38-39-40-41-43-45-47-49-51-53-55-57-59-61-63-65-67-69-76(79)85-74(73-84-86(80,81)83-71-70-77(3,4)5)72-82-75(78)68-66-64-62-60-58-56-54-52-50-48-46-44-42-33-31-29-27-25-23-21-19-17-15-13-11-9-7-2/h8-11,14-17,20-23,26-29,32,34,74H,6-7,12-13,18-19,24-25,30-31,33,35-73H2,1-5H3/b10-8-,11-9-,16-14-,17-15-,22-20-,23-21-,28-26-,29-27-,34-32-. The average molecular weight is 1220 g/mol. The molecule has 0 aromatic heterocycles. The molecule has 0 fully saturated rings. The van der Waals surface area contributed by atoms with E-state index in [0.717, 1.165) is 96.3 Å². The molecule has 0 heterocycles. The number of carbonyl (C=O) groups is 2. The van der Waals surface area contributed by atoms with Gasteiger partial charge < -0.3 is 27.9 Å². The number of allylic oxidation sites excluding steroid dienone is 18. The lowest BCUT2D eigenvalue weighted by Crippen LogP contribution is -2.37. The smallest absolute Gasteiger partial charge is 0.306 e. The Bertz CT molecular complexity index is 1820. The number of hydrogen-bond donors (Lipinski definition) is 0. The van der Waals surface area contributed by atoms with E-state index in [1.54, 1.807) is 0 Å². The lowest BCUT2D eigenvalue weighted by molar-refractivity contribution is -0.870. The monoisotopic (exact) mass is 1220 g/mol. The Labute approximate surface area is 531 Å². The third-order valence-corrected chi connectivity index (χ3v) is 16.3. The van der Waals surface area contributed by atoms with Crippen molar-refractivity contribution in [3.8, 4) is 0 Å². The van der Waals surface area contributed by atoms with Gasteiger partial charge in [-0.05, 0) is 96.3 Å². The Hall–Kier alpha value is -3.33. The summed E-state index contributed by atoms with van der Waals surface area (Å²) in [5, 5.41) is 0. The van der Waals surface area contributed by atoms with Crippen molar-refractivity contribution in [2.75, 3.05) is 47.5 Å². The van der Waals surface area contributed by atoms with E-state index < -0.39 is 26.5 Å². The number of nitrogens with zero attached hydrogens (tertiary/aromatic N) is 1. The Morgan fingerprint density at radius 2 is 0.628 bits per heavy atom. The minimum atomic E-state index is -4.65. The molecule has 2 atom stereocenters.